The van der Waals surface area contributed by atoms with Gasteiger partial charge >= 0.3 is 0 Å². The second-order valence-corrected chi connectivity index (χ2v) is 3.75. The first-order valence-corrected chi connectivity index (χ1v) is 4.84. The van der Waals surface area contributed by atoms with Crippen molar-refractivity contribution in [3.05, 3.63) is 35.4 Å². The maximum Gasteiger partial charge on any atom is 0.0849 e. The highest BCUT2D eigenvalue weighted by Crippen LogP contribution is 2.28. The second-order valence-electron chi connectivity index (χ2n) is 3.75. The monoisotopic (exact) mass is 186 g/mol. The summed E-state index contributed by atoms with van der Waals surface area (Å²) in [6.45, 7) is 0. The minimum atomic E-state index is -0.0117. The molecule has 14 heavy (non-hydrogen) atoms. The molecule has 0 aliphatic heterocycles. The molecule has 2 nitrogen and oxygen atoms in total. The fourth-order valence-corrected chi connectivity index (χ4v) is 2.15. The van der Waals surface area contributed by atoms with E-state index in [2.05, 4.69) is 35.6 Å². The maximum atomic E-state index is 5.41. The Balaban J connectivity index is 2.16. The highest BCUT2D eigenvalue weighted by molar-refractivity contribution is 5.33. The van der Waals surface area contributed by atoms with Gasteiger partial charge in [-0.1, -0.05) is 30.2 Å². The van der Waals surface area contributed by atoms with E-state index in [0.717, 1.165) is 12.8 Å². The standard InChI is InChI=1S/C12H14N2/c1-2-12(14-13)11-7-9-5-3-4-6-10(9)8-11/h1,3-6,11-12,14H,7-8,13H2. The number of terminal acetylenes is 1. The first-order valence-electron chi connectivity index (χ1n) is 4.84. The molecule has 1 aliphatic rings. The zero-order valence-electron chi connectivity index (χ0n) is 8.03. The van der Waals surface area contributed by atoms with Crippen LogP contribution in [0.5, 0.6) is 0 Å². The Morgan fingerprint density at radius 3 is 2.36 bits per heavy atom. The van der Waals surface area contributed by atoms with Crippen molar-refractivity contribution in [1.29, 1.82) is 0 Å². The van der Waals surface area contributed by atoms with Crippen LogP contribution < -0.4 is 11.3 Å². The summed E-state index contributed by atoms with van der Waals surface area (Å²) < 4.78 is 0. The van der Waals surface area contributed by atoms with Gasteiger partial charge in [-0.25, -0.2) is 5.43 Å². The molecule has 1 aromatic rings. The van der Waals surface area contributed by atoms with Crippen molar-refractivity contribution in [3.8, 4) is 12.3 Å². The maximum absolute atomic E-state index is 5.41. The van der Waals surface area contributed by atoms with Crippen LogP contribution in [0.1, 0.15) is 11.1 Å². The van der Waals surface area contributed by atoms with E-state index >= 15 is 0 Å². The smallest absolute Gasteiger partial charge is 0.0849 e. The Labute approximate surface area is 84.5 Å². The van der Waals surface area contributed by atoms with Crippen molar-refractivity contribution < 1.29 is 0 Å². The molecule has 0 spiro atoms. The average molecular weight is 186 g/mol. The van der Waals surface area contributed by atoms with Crippen LogP contribution in [0.3, 0.4) is 0 Å². The lowest BCUT2D eigenvalue weighted by molar-refractivity contribution is 0.439. The molecule has 1 atom stereocenters. The predicted molar refractivity (Wildman–Crippen MR) is 57.3 cm³/mol. The lowest BCUT2D eigenvalue weighted by atomic mass is 9.98. The number of nitrogens with one attached hydrogen (secondary N) is 1. The highest BCUT2D eigenvalue weighted by atomic mass is 15.2. The third-order valence-electron chi connectivity index (χ3n) is 2.91. The van der Waals surface area contributed by atoms with Crippen LogP contribution in [-0.2, 0) is 12.8 Å². The molecule has 2 heteroatoms. The first-order chi connectivity index (χ1) is 6.85. The molecular formula is C12H14N2. The van der Waals surface area contributed by atoms with Crippen LogP contribution in [0.15, 0.2) is 24.3 Å². The average Bonchev–Trinajstić information content (AvgIpc) is 2.63. The summed E-state index contributed by atoms with van der Waals surface area (Å²) in [7, 11) is 0. The zero-order valence-corrected chi connectivity index (χ0v) is 8.03. The molecule has 0 bridgehead atoms. The van der Waals surface area contributed by atoms with E-state index in [1.54, 1.807) is 0 Å². The van der Waals surface area contributed by atoms with Gasteiger partial charge in [-0.2, -0.15) is 0 Å². The Morgan fingerprint density at radius 1 is 1.36 bits per heavy atom. The lowest BCUT2D eigenvalue weighted by Gasteiger charge is -2.16. The van der Waals surface area contributed by atoms with E-state index in [0.29, 0.717) is 5.92 Å². The quantitative estimate of drug-likeness (QED) is 0.408. The Hall–Kier alpha value is -1.30. The molecule has 0 heterocycles. The van der Waals surface area contributed by atoms with Gasteiger partial charge in [0, 0.05) is 0 Å². The molecule has 1 aromatic carbocycles. The third kappa shape index (κ3) is 1.52. The molecule has 0 saturated heterocycles. The zero-order chi connectivity index (χ0) is 9.97. The predicted octanol–water partition coefficient (Wildman–Crippen LogP) is 0.866. The summed E-state index contributed by atoms with van der Waals surface area (Å²) in [6, 6.07) is 8.46. The van der Waals surface area contributed by atoms with E-state index in [1.807, 2.05) is 0 Å². The topological polar surface area (TPSA) is 38.0 Å². The van der Waals surface area contributed by atoms with Crippen molar-refractivity contribution in [2.24, 2.45) is 11.8 Å². The van der Waals surface area contributed by atoms with Crippen LogP contribution in [0.25, 0.3) is 0 Å². The van der Waals surface area contributed by atoms with Crippen molar-refractivity contribution in [2.45, 2.75) is 18.9 Å². The molecule has 72 valence electrons. The summed E-state index contributed by atoms with van der Waals surface area (Å²) in [5, 5.41) is 0. The van der Waals surface area contributed by atoms with Gasteiger partial charge in [0.2, 0.25) is 0 Å². The molecule has 0 amide bonds. The van der Waals surface area contributed by atoms with Gasteiger partial charge in [-0.05, 0) is 29.9 Å². The molecule has 0 radical (unpaired) electrons. The minimum absolute atomic E-state index is 0.0117. The van der Waals surface area contributed by atoms with E-state index < -0.39 is 0 Å². The van der Waals surface area contributed by atoms with Crippen molar-refractivity contribution in [3.63, 3.8) is 0 Å². The molecule has 1 unspecified atom stereocenters. The summed E-state index contributed by atoms with van der Waals surface area (Å²) in [5.74, 6) is 8.54. The van der Waals surface area contributed by atoms with Gasteiger partial charge in [0.15, 0.2) is 0 Å². The van der Waals surface area contributed by atoms with Gasteiger partial charge < -0.3 is 0 Å². The van der Waals surface area contributed by atoms with E-state index in [9.17, 15) is 0 Å². The van der Waals surface area contributed by atoms with Crippen LogP contribution in [0.2, 0.25) is 0 Å². The Bertz CT molecular complexity index is 340. The van der Waals surface area contributed by atoms with E-state index in [4.69, 9.17) is 12.3 Å². The van der Waals surface area contributed by atoms with Crippen molar-refractivity contribution in [1.82, 2.24) is 5.43 Å². The fraction of sp³-hybridized carbons (Fsp3) is 0.333. The molecule has 0 aromatic heterocycles. The summed E-state index contributed by atoms with van der Waals surface area (Å²) in [4.78, 5) is 0. The second kappa shape index (κ2) is 3.83. The van der Waals surface area contributed by atoms with Gasteiger partial charge in [-0.15, -0.1) is 6.42 Å². The molecule has 1 aliphatic carbocycles. The van der Waals surface area contributed by atoms with E-state index in [-0.39, 0.29) is 6.04 Å². The van der Waals surface area contributed by atoms with Gasteiger partial charge in [0.1, 0.15) is 0 Å². The van der Waals surface area contributed by atoms with Crippen molar-refractivity contribution in [2.75, 3.05) is 0 Å². The summed E-state index contributed by atoms with van der Waals surface area (Å²) >= 11 is 0. The number of hydrogen-bond donors (Lipinski definition) is 2. The van der Waals surface area contributed by atoms with Crippen LogP contribution in [0.4, 0.5) is 0 Å². The minimum Gasteiger partial charge on any atom is -0.270 e. The molecule has 0 saturated carbocycles. The fourth-order valence-electron chi connectivity index (χ4n) is 2.15. The summed E-state index contributed by atoms with van der Waals surface area (Å²) in [5.41, 5.74) is 5.51. The van der Waals surface area contributed by atoms with Gasteiger partial charge in [0.05, 0.1) is 6.04 Å². The lowest BCUT2D eigenvalue weighted by Crippen LogP contribution is -2.40. The third-order valence-corrected chi connectivity index (χ3v) is 2.91. The van der Waals surface area contributed by atoms with Gasteiger partial charge in [0.25, 0.3) is 0 Å². The molecule has 2 rings (SSSR count). The van der Waals surface area contributed by atoms with E-state index in [1.165, 1.54) is 11.1 Å². The number of hydrazine groups is 1. The number of rotatable bonds is 2. The number of nitrogens with two attached hydrogens (primary N) is 1. The SMILES string of the molecule is C#CC(NN)C1Cc2ccccc2C1. The number of benzene rings is 1. The summed E-state index contributed by atoms with van der Waals surface area (Å²) in [6.07, 6.45) is 7.48. The Morgan fingerprint density at radius 2 is 1.93 bits per heavy atom. The Kier molecular flexibility index (Phi) is 2.53. The first kappa shape index (κ1) is 9.26. The molecular weight excluding hydrogens is 172 g/mol. The van der Waals surface area contributed by atoms with Crippen LogP contribution >= 0.6 is 0 Å². The number of hydrogen-bond acceptors (Lipinski definition) is 2. The normalized spacial score (nSPS) is 17.4. The highest BCUT2D eigenvalue weighted by Gasteiger charge is 2.26. The van der Waals surface area contributed by atoms with Crippen LogP contribution in [0, 0.1) is 18.3 Å². The van der Waals surface area contributed by atoms with Crippen LogP contribution in [-0.4, -0.2) is 6.04 Å². The van der Waals surface area contributed by atoms with Gasteiger partial charge in [-0.3, -0.25) is 5.84 Å². The van der Waals surface area contributed by atoms with Crippen molar-refractivity contribution >= 4 is 0 Å². The number of fused-ring (bicyclic) bond motifs is 1. The largest absolute Gasteiger partial charge is 0.270 e. The molecule has 3 N–H and O–H groups in total. The molecule has 0 fully saturated rings.